The van der Waals surface area contributed by atoms with Crippen LogP contribution in [0.5, 0.6) is 0 Å². The number of nitrogens with two attached hydrogens (primary N) is 1. The molecule has 0 aliphatic heterocycles. The lowest BCUT2D eigenvalue weighted by molar-refractivity contribution is -0.140. The topological polar surface area (TPSA) is 109 Å². The Morgan fingerprint density at radius 3 is 2.38 bits per heavy atom. The summed E-state index contributed by atoms with van der Waals surface area (Å²) in [5.74, 6) is -4.68. The van der Waals surface area contributed by atoms with Crippen molar-refractivity contribution in [2.75, 3.05) is 5.32 Å². The first-order chi connectivity index (χ1) is 9.66. The Kier molecular flexibility index (Phi) is 3.44. The van der Waals surface area contributed by atoms with E-state index in [0.29, 0.717) is 0 Å². The number of benzene rings is 1. The van der Waals surface area contributed by atoms with E-state index < -0.39 is 40.9 Å². The highest BCUT2D eigenvalue weighted by Crippen LogP contribution is 2.58. The maximum absolute atomic E-state index is 13.6. The van der Waals surface area contributed by atoms with Crippen molar-refractivity contribution in [3.8, 4) is 0 Å². The van der Waals surface area contributed by atoms with Crippen molar-refractivity contribution in [3.05, 3.63) is 29.6 Å². The zero-order valence-electron chi connectivity index (χ0n) is 11.5. The number of rotatable bonds is 4. The number of anilines is 1. The van der Waals surface area contributed by atoms with Gasteiger partial charge in [0.2, 0.25) is 11.8 Å². The number of carboxylic acid groups (broad SMARTS) is 1. The van der Waals surface area contributed by atoms with E-state index in [1.54, 1.807) is 13.8 Å². The summed E-state index contributed by atoms with van der Waals surface area (Å²) >= 11 is 0. The molecule has 112 valence electrons. The number of hydrogen-bond donors (Lipinski definition) is 3. The van der Waals surface area contributed by atoms with E-state index in [1.165, 1.54) is 6.07 Å². The van der Waals surface area contributed by atoms with Gasteiger partial charge in [-0.25, -0.2) is 4.39 Å². The lowest BCUT2D eigenvalue weighted by atomic mass is 10.1. The molecule has 1 aliphatic carbocycles. The number of primary amides is 1. The molecule has 0 unspecified atom stereocenters. The first-order valence-electron chi connectivity index (χ1n) is 6.29. The van der Waals surface area contributed by atoms with Crippen LogP contribution in [0, 0.1) is 23.1 Å². The van der Waals surface area contributed by atoms with Gasteiger partial charge in [0.25, 0.3) is 0 Å². The number of carbonyl (C=O) groups is 3. The van der Waals surface area contributed by atoms with Gasteiger partial charge < -0.3 is 16.2 Å². The van der Waals surface area contributed by atoms with E-state index in [9.17, 15) is 18.8 Å². The fourth-order valence-electron chi connectivity index (χ4n) is 2.57. The van der Waals surface area contributed by atoms with Gasteiger partial charge in [0.15, 0.2) is 0 Å². The quantitative estimate of drug-likeness (QED) is 0.775. The Balaban J connectivity index is 2.20. The third kappa shape index (κ3) is 2.58. The molecule has 1 aromatic rings. The standard InChI is InChI=1S/C14H15FN2O4/c1-14(2)9(10(14)13(20)21)12(19)17-8-5-6(11(16)18)3-4-7(8)15/h3-5,9-10H,1-2H3,(H2,16,18)(H,17,19)(H,20,21)/t9-,10+/m1/s1. The van der Waals surface area contributed by atoms with Crippen molar-refractivity contribution in [1.82, 2.24) is 0 Å². The van der Waals surface area contributed by atoms with Gasteiger partial charge in [-0.3, -0.25) is 14.4 Å². The molecule has 1 aliphatic rings. The minimum atomic E-state index is -1.06. The maximum Gasteiger partial charge on any atom is 0.307 e. The summed E-state index contributed by atoms with van der Waals surface area (Å²) in [6, 6.07) is 3.34. The molecule has 2 amide bonds. The van der Waals surface area contributed by atoms with Crippen LogP contribution in [0.4, 0.5) is 10.1 Å². The number of halogens is 1. The molecule has 0 radical (unpaired) electrons. The lowest BCUT2D eigenvalue weighted by Gasteiger charge is -2.08. The first-order valence-corrected chi connectivity index (χ1v) is 6.29. The number of carbonyl (C=O) groups excluding carboxylic acids is 2. The minimum absolute atomic E-state index is 0.0524. The monoisotopic (exact) mass is 294 g/mol. The largest absolute Gasteiger partial charge is 0.481 e. The molecule has 7 heteroatoms. The van der Waals surface area contributed by atoms with Crippen molar-refractivity contribution < 1.29 is 23.9 Å². The number of hydrogen-bond acceptors (Lipinski definition) is 3. The molecule has 2 atom stereocenters. The van der Waals surface area contributed by atoms with Gasteiger partial charge in [-0.1, -0.05) is 13.8 Å². The summed E-state index contributed by atoms with van der Waals surface area (Å²) in [6.45, 7) is 3.32. The van der Waals surface area contributed by atoms with Crippen LogP contribution in [0.25, 0.3) is 0 Å². The average Bonchev–Trinajstić information content (AvgIpc) is 2.95. The van der Waals surface area contributed by atoms with Crippen molar-refractivity contribution in [3.63, 3.8) is 0 Å². The maximum atomic E-state index is 13.6. The Morgan fingerprint density at radius 1 is 1.29 bits per heavy atom. The van der Waals surface area contributed by atoms with Crippen molar-refractivity contribution in [2.45, 2.75) is 13.8 Å². The van der Waals surface area contributed by atoms with E-state index in [-0.39, 0.29) is 11.3 Å². The third-order valence-electron chi connectivity index (χ3n) is 3.88. The van der Waals surface area contributed by atoms with E-state index >= 15 is 0 Å². The first kappa shape index (κ1) is 15.0. The molecular weight excluding hydrogens is 279 g/mol. The number of aliphatic carboxylic acids is 1. The van der Waals surface area contributed by atoms with E-state index in [1.807, 2.05) is 0 Å². The molecule has 4 N–H and O–H groups in total. The van der Waals surface area contributed by atoms with Crippen LogP contribution < -0.4 is 11.1 Å². The summed E-state index contributed by atoms with van der Waals surface area (Å²) in [4.78, 5) is 34.2. The molecular formula is C14H15FN2O4. The predicted molar refractivity (Wildman–Crippen MR) is 71.9 cm³/mol. The van der Waals surface area contributed by atoms with Gasteiger partial charge in [0.05, 0.1) is 17.5 Å². The molecule has 0 saturated heterocycles. The molecule has 2 rings (SSSR count). The van der Waals surface area contributed by atoms with Gasteiger partial charge in [-0.15, -0.1) is 0 Å². The molecule has 1 aromatic carbocycles. The summed E-state index contributed by atoms with van der Waals surface area (Å²) < 4.78 is 13.6. The van der Waals surface area contributed by atoms with Crippen molar-refractivity contribution in [1.29, 1.82) is 0 Å². The second-order valence-electron chi connectivity index (χ2n) is 5.66. The zero-order valence-corrected chi connectivity index (χ0v) is 11.5. The van der Waals surface area contributed by atoms with Gasteiger partial charge >= 0.3 is 5.97 Å². The van der Waals surface area contributed by atoms with E-state index in [0.717, 1.165) is 12.1 Å². The normalized spacial score (nSPS) is 22.4. The second kappa shape index (κ2) is 4.83. The number of nitrogens with one attached hydrogen (secondary N) is 1. The lowest BCUT2D eigenvalue weighted by Crippen LogP contribution is -2.19. The summed E-state index contributed by atoms with van der Waals surface area (Å²) in [5, 5.41) is 11.4. The van der Waals surface area contributed by atoms with Crippen molar-refractivity contribution >= 4 is 23.5 Å². The minimum Gasteiger partial charge on any atom is -0.481 e. The Bertz CT molecular complexity index is 642. The fraction of sp³-hybridized carbons (Fsp3) is 0.357. The van der Waals surface area contributed by atoms with Gasteiger partial charge in [-0.05, 0) is 23.6 Å². The smallest absolute Gasteiger partial charge is 0.307 e. The zero-order chi connectivity index (χ0) is 15.9. The van der Waals surface area contributed by atoms with Crippen LogP contribution in [-0.4, -0.2) is 22.9 Å². The molecule has 6 nitrogen and oxygen atoms in total. The summed E-state index contributed by atoms with van der Waals surface area (Å²) in [6.07, 6.45) is 0. The van der Waals surface area contributed by atoms with Crippen molar-refractivity contribution in [2.24, 2.45) is 23.0 Å². The average molecular weight is 294 g/mol. The molecule has 21 heavy (non-hydrogen) atoms. The molecule has 1 saturated carbocycles. The number of amides is 2. The van der Waals surface area contributed by atoms with Crippen LogP contribution in [0.2, 0.25) is 0 Å². The second-order valence-corrected chi connectivity index (χ2v) is 5.66. The molecule has 0 bridgehead atoms. The van der Waals surface area contributed by atoms with Crippen LogP contribution in [0.15, 0.2) is 18.2 Å². The van der Waals surface area contributed by atoms with Crippen LogP contribution in [0.3, 0.4) is 0 Å². The molecule has 1 fully saturated rings. The van der Waals surface area contributed by atoms with E-state index in [4.69, 9.17) is 10.8 Å². The predicted octanol–water partition coefficient (Wildman–Crippen LogP) is 1.22. The third-order valence-corrected chi connectivity index (χ3v) is 3.88. The highest BCUT2D eigenvalue weighted by molar-refractivity contribution is 6.01. The Morgan fingerprint density at radius 2 is 1.90 bits per heavy atom. The van der Waals surface area contributed by atoms with Crippen LogP contribution >= 0.6 is 0 Å². The summed E-state index contributed by atoms with van der Waals surface area (Å²) in [5.41, 5.74) is 4.26. The van der Waals surface area contributed by atoms with Crippen LogP contribution in [0.1, 0.15) is 24.2 Å². The summed E-state index contributed by atoms with van der Waals surface area (Å²) in [7, 11) is 0. The SMILES string of the molecule is CC1(C)[C@H](C(=O)O)[C@@H]1C(=O)Nc1cc(C(N)=O)ccc1F. The van der Waals surface area contributed by atoms with Gasteiger partial charge in [-0.2, -0.15) is 0 Å². The highest BCUT2D eigenvalue weighted by Gasteiger charge is 2.65. The van der Waals surface area contributed by atoms with Gasteiger partial charge in [0.1, 0.15) is 5.82 Å². The molecule has 0 spiro atoms. The Hall–Kier alpha value is -2.44. The fourth-order valence-corrected chi connectivity index (χ4v) is 2.57. The number of carboxylic acids is 1. The molecule has 0 heterocycles. The van der Waals surface area contributed by atoms with E-state index in [2.05, 4.69) is 5.32 Å². The Labute approximate surface area is 120 Å². The molecule has 0 aromatic heterocycles. The van der Waals surface area contributed by atoms with Crippen LogP contribution in [-0.2, 0) is 9.59 Å². The van der Waals surface area contributed by atoms with Gasteiger partial charge in [0, 0.05) is 5.56 Å². The highest BCUT2D eigenvalue weighted by atomic mass is 19.1.